The van der Waals surface area contributed by atoms with Gasteiger partial charge in [-0.05, 0) is 59.7 Å². The fourth-order valence-electron chi connectivity index (χ4n) is 4.54. The Labute approximate surface area is 219 Å². The molecule has 0 saturated heterocycles. The minimum absolute atomic E-state index is 0.182. The third-order valence-electron chi connectivity index (χ3n) is 6.68. The van der Waals surface area contributed by atoms with Crippen molar-refractivity contribution in [1.29, 1.82) is 0 Å². The van der Waals surface area contributed by atoms with Crippen molar-refractivity contribution in [2.24, 2.45) is 0 Å². The number of hydrogen-bond donors (Lipinski definition) is 3. The van der Waals surface area contributed by atoms with E-state index < -0.39 is 12.1 Å². The number of amides is 1. The van der Waals surface area contributed by atoms with Crippen LogP contribution in [0.5, 0.6) is 5.75 Å². The monoisotopic (exact) mass is 499 g/mol. The van der Waals surface area contributed by atoms with Crippen molar-refractivity contribution in [3.63, 3.8) is 0 Å². The van der Waals surface area contributed by atoms with Gasteiger partial charge in [0, 0.05) is 36.9 Å². The number of aryl methyl sites for hydroxylation is 1. The average Bonchev–Trinajstić information content (AvgIpc) is 3.34. The number of aliphatic hydroxyl groups is 1. The maximum absolute atomic E-state index is 13.3. The zero-order valence-electron chi connectivity index (χ0n) is 21.7. The Morgan fingerprint density at radius 3 is 2.59 bits per heavy atom. The van der Waals surface area contributed by atoms with Crippen LogP contribution >= 0.6 is 0 Å². The maximum Gasteiger partial charge on any atom is 0.251 e. The largest absolute Gasteiger partial charge is 0.497 e. The Bertz CT molecular complexity index is 1290. The lowest BCUT2D eigenvalue weighted by atomic mass is 10.00. The van der Waals surface area contributed by atoms with E-state index in [4.69, 9.17) is 4.74 Å². The smallest absolute Gasteiger partial charge is 0.251 e. The van der Waals surface area contributed by atoms with Gasteiger partial charge in [-0.2, -0.15) is 0 Å². The molecule has 2 atom stereocenters. The number of fused-ring (bicyclic) bond motifs is 1. The number of rotatable bonds is 13. The molecule has 0 aliphatic heterocycles. The van der Waals surface area contributed by atoms with Crippen molar-refractivity contribution in [2.75, 3.05) is 13.7 Å². The summed E-state index contributed by atoms with van der Waals surface area (Å²) in [6, 6.07) is 25.2. The number of hydrogen-bond acceptors (Lipinski definition) is 4. The molecule has 1 aromatic heterocycles. The molecule has 6 heteroatoms. The van der Waals surface area contributed by atoms with Crippen molar-refractivity contribution < 1.29 is 14.6 Å². The first-order valence-electron chi connectivity index (χ1n) is 13.0. The van der Waals surface area contributed by atoms with Crippen LogP contribution in [0, 0.1) is 0 Å². The highest BCUT2D eigenvalue weighted by Crippen LogP contribution is 2.19. The van der Waals surface area contributed by atoms with Gasteiger partial charge >= 0.3 is 0 Å². The lowest BCUT2D eigenvalue weighted by molar-refractivity contribution is 0.0830. The van der Waals surface area contributed by atoms with E-state index >= 15 is 0 Å². The molecular formula is C31H37N3O3. The van der Waals surface area contributed by atoms with Crippen LogP contribution in [0.4, 0.5) is 0 Å². The molecule has 4 rings (SSSR count). The zero-order chi connectivity index (χ0) is 26.0. The Kier molecular flexibility index (Phi) is 9.35. The van der Waals surface area contributed by atoms with Crippen molar-refractivity contribution in [2.45, 2.75) is 51.4 Å². The van der Waals surface area contributed by atoms with E-state index in [1.54, 1.807) is 7.11 Å². The Morgan fingerprint density at radius 1 is 1.00 bits per heavy atom. The second-order valence-corrected chi connectivity index (χ2v) is 9.46. The van der Waals surface area contributed by atoms with Crippen molar-refractivity contribution >= 4 is 16.8 Å². The summed E-state index contributed by atoms with van der Waals surface area (Å²) in [5, 5.41) is 18.7. The highest BCUT2D eigenvalue weighted by molar-refractivity contribution is 5.98. The number of benzene rings is 3. The number of ether oxygens (including phenoxy) is 1. The number of aromatic nitrogens is 1. The van der Waals surface area contributed by atoms with Crippen LogP contribution in [0.3, 0.4) is 0 Å². The molecule has 6 nitrogen and oxygen atoms in total. The summed E-state index contributed by atoms with van der Waals surface area (Å²) >= 11 is 0. The predicted molar refractivity (Wildman–Crippen MR) is 149 cm³/mol. The van der Waals surface area contributed by atoms with Crippen LogP contribution in [0.15, 0.2) is 85.1 Å². The quantitative estimate of drug-likeness (QED) is 0.244. The lowest BCUT2D eigenvalue weighted by Gasteiger charge is -2.25. The normalized spacial score (nSPS) is 12.8. The third-order valence-corrected chi connectivity index (χ3v) is 6.68. The summed E-state index contributed by atoms with van der Waals surface area (Å²) < 4.78 is 7.50. The van der Waals surface area contributed by atoms with Gasteiger partial charge in [-0.15, -0.1) is 0 Å². The molecule has 1 heterocycles. The van der Waals surface area contributed by atoms with Gasteiger partial charge in [0.15, 0.2) is 0 Å². The molecule has 37 heavy (non-hydrogen) atoms. The number of aliphatic hydroxyl groups excluding tert-OH is 1. The molecule has 0 aliphatic carbocycles. The summed E-state index contributed by atoms with van der Waals surface area (Å²) in [5.41, 5.74) is 3.78. The second kappa shape index (κ2) is 13.1. The molecule has 0 spiro atoms. The fourth-order valence-corrected chi connectivity index (χ4v) is 4.54. The van der Waals surface area contributed by atoms with Crippen LogP contribution in [0.25, 0.3) is 10.9 Å². The molecule has 1 amide bonds. The third kappa shape index (κ3) is 7.21. The maximum atomic E-state index is 13.3. The first kappa shape index (κ1) is 26.5. The van der Waals surface area contributed by atoms with E-state index in [-0.39, 0.29) is 5.91 Å². The predicted octanol–water partition coefficient (Wildman–Crippen LogP) is 4.94. The molecule has 194 valence electrons. The van der Waals surface area contributed by atoms with Crippen LogP contribution in [-0.4, -0.2) is 41.4 Å². The average molecular weight is 500 g/mol. The van der Waals surface area contributed by atoms with Gasteiger partial charge in [0.2, 0.25) is 0 Å². The van der Waals surface area contributed by atoms with Crippen LogP contribution in [0.2, 0.25) is 0 Å². The van der Waals surface area contributed by atoms with E-state index in [1.807, 2.05) is 72.8 Å². The second-order valence-electron chi connectivity index (χ2n) is 9.46. The minimum Gasteiger partial charge on any atom is -0.497 e. The van der Waals surface area contributed by atoms with Gasteiger partial charge in [0.1, 0.15) is 5.75 Å². The zero-order valence-corrected chi connectivity index (χ0v) is 21.7. The number of carbonyl (C=O) groups is 1. The van der Waals surface area contributed by atoms with E-state index in [2.05, 4.69) is 34.4 Å². The fraction of sp³-hybridized carbons (Fsp3) is 0.323. The number of nitrogens with one attached hydrogen (secondary N) is 2. The number of carbonyl (C=O) groups excluding carboxylic acids is 1. The summed E-state index contributed by atoms with van der Waals surface area (Å²) in [4.78, 5) is 13.3. The van der Waals surface area contributed by atoms with Gasteiger partial charge in [-0.25, -0.2) is 0 Å². The van der Waals surface area contributed by atoms with Gasteiger partial charge in [0.05, 0.1) is 19.3 Å². The Hall–Kier alpha value is -3.61. The SMILES string of the molecule is CCCCn1ccc2ccc(C(=O)N[C@@H](Cc3ccccc3)[C@@H](O)CNCc3cccc(OC)c3)cc21. The molecular weight excluding hydrogens is 462 g/mol. The van der Waals surface area contributed by atoms with Gasteiger partial charge in [-0.1, -0.05) is 61.9 Å². The number of methoxy groups -OCH3 is 1. The van der Waals surface area contributed by atoms with Crippen LogP contribution in [0.1, 0.15) is 41.3 Å². The summed E-state index contributed by atoms with van der Waals surface area (Å²) in [7, 11) is 1.65. The number of nitrogens with zero attached hydrogens (tertiary/aromatic N) is 1. The summed E-state index contributed by atoms with van der Waals surface area (Å²) in [6.07, 6.45) is 4.05. The van der Waals surface area contributed by atoms with E-state index in [0.29, 0.717) is 25.1 Å². The standard InChI is InChI=1S/C31H37N3O3/c1-3-4-16-34-17-15-25-13-14-26(20-29(25)34)31(36)33-28(19-23-9-6-5-7-10-23)30(35)22-32-21-24-11-8-12-27(18-24)37-2/h5-15,17-18,20,28,30,32,35H,3-4,16,19,21-22H2,1-2H3,(H,33,36)/t28-,30-/m0/s1. The van der Waals surface area contributed by atoms with Gasteiger partial charge in [0.25, 0.3) is 5.91 Å². The minimum atomic E-state index is -0.771. The summed E-state index contributed by atoms with van der Waals surface area (Å²) in [6.45, 7) is 4.03. The Balaban J connectivity index is 1.46. The highest BCUT2D eigenvalue weighted by Gasteiger charge is 2.23. The van der Waals surface area contributed by atoms with Crippen molar-refractivity contribution in [3.8, 4) is 5.75 Å². The molecule has 4 aromatic rings. The molecule has 0 saturated carbocycles. The molecule has 3 N–H and O–H groups in total. The molecule has 0 fully saturated rings. The molecule has 0 aliphatic rings. The van der Waals surface area contributed by atoms with E-state index in [1.165, 1.54) is 0 Å². The number of unbranched alkanes of at least 4 members (excludes halogenated alkanes) is 1. The molecule has 0 radical (unpaired) electrons. The summed E-state index contributed by atoms with van der Waals surface area (Å²) in [5.74, 6) is 0.616. The van der Waals surface area contributed by atoms with Gasteiger partial charge < -0.3 is 25.0 Å². The Morgan fingerprint density at radius 2 is 1.81 bits per heavy atom. The van der Waals surface area contributed by atoms with Crippen molar-refractivity contribution in [3.05, 3.63) is 102 Å². The first-order valence-corrected chi connectivity index (χ1v) is 13.0. The van der Waals surface area contributed by atoms with Crippen LogP contribution in [-0.2, 0) is 19.5 Å². The molecule has 0 bridgehead atoms. The van der Waals surface area contributed by atoms with Gasteiger partial charge in [-0.3, -0.25) is 4.79 Å². The van der Waals surface area contributed by atoms with E-state index in [0.717, 1.165) is 47.2 Å². The van der Waals surface area contributed by atoms with Crippen LogP contribution < -0.4 is 15.4 Å². The highest BCUT2D eigenvalue weighted by atomic mass is 16.5. The molecule has 3 aromatic carbocycles. The molecule has 0 unspecified atom stereocenters. The lowest BCUT2D eigenvalue weighted by Crippen LogP contribution is -2.48. The topological polar surface area (TPSA) is 75.5 Å². The first-order chi connectivity index (χ1) is 18.1. The van der Waals surface area contributed by atoms with E-state index in [9.17, 15) is 9.90 Å². The van der Waals surface area contributed by atoms with Crippen molar-refractivity contribution in [1.82, 2.24) is 15.2 Å².